The predicted molar refractivity (Wildman–Crippen MR) is 112 cm³/mol. The van der Waals surface area contributed by atoms with E-state index in [1.54, 1.807) is 64.7 Å². The number of hydrogen-bond acceptors (Lipinski definition) is 6. The molecule has 0 bridgehead atoms. The van der Waals surface area contributed by atoms with Crippen LogP contribution in [0.25, 0.3) is 6.08 Å². The van der Waals surface area contributed by atoms with Crippen molar-refractivity contribution < 1.29 is 32.9 Å². The molecule has 0 aromatic heterocycles. The molecule has 0 radical (unpaired) electrons. The van der Waals surface area contributed by atoms with Crippen molar-refractivity contribution in [2.24, 2.45) is 0 Å². The molecule has 0 unspecified atom stereocenters. The molecule has 162 valence electrons. The molecule has 0 amide bonds. The second-order valence-corrected chi connectivity index (χ2v) is 8.65. The smallest absolute Gasteiger partial charge is 0.456 e. The zero-order valence-corrected chi connectivity index (χ0v) is 19.2. The largest absolute Gasteiger partial charge is 0.514 e. The first kappa shape index (κ1) is 25.1. The molecule has 1 rings (SSSR count). The Kier molecular flexibility index (Phi) is 9.29. The van der Waals surface area contributed by atoms with Crippen molar-refractivity contribution in [1.29, 1.82) is 0 Å². The Hall–Kier alpha value is -1.93. The van der Waals surface area contributed by atoms with Crippen molar-refractivity contribution in [3.8, 4) is 5.75 Å². The molecule has 0 saturated carbocycles. The zero-order chi connectivity index (χ0) is 22.2. The van der Waals surface area contributed by atoms with Crippen LogP contribution < -0.4 is 4.74 Å². The fraction of sp³-hybridized carbons (Fsp3) is 0.524. The summed E-state index contributed by atoms with van der Waals surface area (Å²) in [4.78, 5) is 26.8. The van der Waals surface area contributed by atoms with E-state index in [-0.39, 0.29) is 24.5 Å². The lowest BCUT2D eigenvalue weighted by atomic mass is 10.0. The highest BCUT2D eigenvalue weighted by Crippen LogP contribution is 2.32. The molecule has 0 saturated heterocycles. The fourth-order valence-corrected chi connectivity index (χ4v) is 2.50. The monoisotopic (exact) mass is 474 g/mol. The van der Waals surface area contributed by atoms with Gasteiger partial charge < -0.3 is 18.9 Å². The highest BCUT2D eigenvalue weighted by Gasteiger charge is 2.28. The number of hydrogen-bond donors (Lipinski definition) is 0. The second kappa shape index (κ2) is 10.7. The summed E-state index contributed by atoms with van der Waals surface area (Å²) in [6.45, 7) is 9.42. The molecule has 0 aliphatic rings. The Balaban J connectivity index is 3.49. The van der Waals surface area contributed by atoms with Gasteiger partial charge in [-0.2, -0.15) is 0 Å². The van der Waals surface area contributed by atoms with Gasteiger partial charge in [-0.3, -0.25) is 0 Å². The zero-order valence-electron chi connectivity index (χ0n) is 17.6. The lowest BCUT2D eigenvalue weighted by molar-refractivity contribution is 0.00553. The number of esters is 1. The van der Waals surface area contributed by atoms with Crippen LogP contribution in [-0.2, 0) is 20.8 Å². The summed E-state index contributed by atoms with van der Waals surface area (Å²) in [6, 6.07) is 3.29. The molecule has 0 atom stereocenters. The van der Waals surface area contributed by atoms with Gasteiger partial charge >= 0.3 is 12.1 Å². The van der Waals surface area contributed by atoms with Gasteiger partial charge in [0.1, 0.15) is 23.4 Å². The van der Waals surface area contributed by atoms with Crippen LogP contribution in [0.2, 0.25) is 0 Å². The number of halogens is 2. The molecule has 0 heterocycles. The summed E-state index contributed by atoms with van der Waals surface area (Å²) >= 11 is 3.18. The van der Waals surface area contributed by atoms with E-state index in [2.05, 4.69) is 15.9 Å². The Labute approximate surface area is 179 Å². The van der Waals surface area contributed by atoms with Crippen LogP contribution in [0, 0.1) is 0 Å². The van der Waals surface area contributed by atoms with Crippen LogP contribution in [0.15, 0.2) is 17.1 Å². The molecule has 0 aliphatic heterocycles. The van der Waals surface area contributed by atoms with Crippen molar-refractivity contribution in [2.75, 3.05) is 13.3 Å². The number of carbonyl (C=O) groups is 2. The minimum absolute atomic E-state index is 0.0211. The molecule has 1 aromatic rings. The molecule has 0 N–H and O–H groups in total. The summed E-state index contributed by atoms with van der Waals surface area (Å²) < 4.78 is 33.8. The lowest BCUT2D eigenvalue weighted by Crippen LogP contribution is -2.28. The Morgan fingerprint density at radius 2 is 1.69 bits per heavy atom. The van der Waals surface area contributed by atoms with Gasteiger partial charge in [0.2, 0.25) is 0 Å². The molecule has 6 nitrogen and oxygen atoms in total. The summed E-state index contributed by atoms with van der Waals surface area (Å²) in [5, 5.41) is 0. The van der Waals surface area contributed by atoms with Crippen LogP contribution in [-0.4, -0.2) is 36.6 Å². The summed E-state index contributed by atoms with van der Waals surface area (Å²) in [5.74, 6) is -0.717. The van der Waals surface area contributed by atoms with E-state index in [1.165, 1.54) is 0 Å². The molecule has 0 aliphatic carbocycles. The minimum atomic E-state index is -0.964. The van der Waals surface area contributed by atoms with Gasteiger partial charge in [0, 0.05) is 5.56 Å². The summed E-state index contributed by atoms with van der Waals surface area (Å²) in [5.41, 5.74) is -0.691. The third kappa shape index (κ3) is 8.95. The summed E-state index contributed by atoms with van der Waals surface area (Å²) in [6.07, 6.45) is 0.646. The van der Waals surface area contributed by atoms with Crippen molar-refractivity contribution in [3.63, 3.8) is 0 Å². The number of carbonyl (C=O) groups excluding carboxylic acids is 2. The van der Waals surface area contributed by atoms with Crippen LogP contribution >= 0.6 is 15.9 Å². The SMILES string of the molecule is CC(C)(C)OC(=O)Oc1c(/C=C\Br)ccc(COCCF)c1C(=O)OC(C)(C)C. The van der Waals surface area contributed by atoms with Gasteiger partial charge in [-0.05, 0) is 58.2 Å². The number of alkyl halides is 1. The van der Waals surface area contributed by atoms with Crippen molar-refractivity contribution in [1.82, 2.24) is 0 Å². The van der Waals surface area contributed by atoms with Crippen molar-refractivity contribution >= 4 is 34.1 Å². The van der Waals surface area contributed by atoms with Gasteiger partial charge in [0.25, 0.3) is 0 Å². The van der Waals surface area contributed by atoms with E-state index in [0.717, 1.165) is 0 Å². The van der Waals surface area contributed by atoms with Gasteiger partial charge in [-0.1, -0.05) is 28.1 Å². The Morgan fingerprint density at radius 3 is 2.21 bits per heavy atom. The topological polar surface area (TPSA) is 71.1 Å². The van der Waals surface area contributed by atoms with Crippen LogP contribution in [0.1, 0.15) is 63.0 Å². The van der Waals surface area contributed by atoms with E-state index in [9.17, 15) is 14.0 Å². The normalized spacial score (nSPS) is 12.1. The van der Waals surface area contributed by atoms with E-state index in [4.69, 9.17) is 18.9 Å². The molecule has 29 heavy (non-hydrogen) atoms. The van der Waals surface area contributed by atoms with E-state index < -0.39 is 30.0 Å². The van der Waals surface area contributed by atoms with Crippen LogP contribution in [0.4, 0.5) is 9.18 Å². The first-order valence-electron chi connectivity index (χ1n) is 9.08. The van der Waals surface area contributed by atoms with Crippen LogP contribution in [0.3, 0.4) is 0 Å². The number of ether oxygens (including phenoxy) is 4. The summed E-state index contributed by atoms with van der Waals surface area (Å²) in [7, 11) is 0. The first-order valence-corrected chi connectivity index (χ1v) is 10.00. The maximum Gasteiger partial charge on any atom is 0.514 e. The molecule has 1 aromatic carbocycles. The second-order valence-electron chi connectivity index (χ2n) is 8.12. The maximum atomic E-state index is 12.9. The van der Waals surface area contributed by atoms with Gasteiger partial charge in [0.15, 0.2) is 5.75 Å². The van der Waals surface area contributed by atoms with Gasteiger partial charge in [0.05, 0.1) is 13.2 Å². The van der Waals surface area contributed by atoms with Crippen molar-refractivity contribution in [2.45, 2.75) is 59.4 Å². The number of rotatable bonds is 7. The van der Waals surface area contributed by atoms with Gasteiger partial charge in [-0.25, -0.2) is 14.0 Å². The quantitative estimate of drug-likeness (QED) is 0.282. The third-order valence-corrected chi connectivity index (χ3v) is 3.44. The highest BCUT2D eigenvalue weighted by molar-refractivity contribution is 9.11. The standard InChI is InChI=1S/C21H28BrFO6/c1-20(2,3)28-18(24)16-15(13-26-12-11-23)8-7-14(9-10-22)17(16)27-19(25)29-21(4,5)6/h7-10H,11-13H2,1-6H3/b10-9-. The average molecular weight is 475 g/mol. The van der Waals surface area contributed by atoms with E-state index >= 15 is 0 Å². The molecular weight excluding hydrogens is 447 g/mol. The third-order valence-electron chi connectivity index (χ3n) is 3.17. The molecule has 0 fully saturated rings. The van der Waals surface area contributed by atoms with E-state index in [0.29, 0.717) is 11.1 Å². The molecule has 8 heteroatoms. The highest BCUT2D eigenvalue weighted by atomic mass is 79.9. The van der Waals surface area contributed by atoms with E-state index in [1.807, 2.05) is 0 Å². The van der Waals surface area contributed by atoms with Gasteiger partial charge in [-0.15, -0.1) is 0 Å². The Morgan fingerprint density at radius 1 is 1.07 bits per heavy atom. The Bertz CT molecular complexity index is 747. The minimum Gasteiger partial charge on any atom is -0.456 e. The number of benzene rings is 1. The molecule has 0 spiro atoms. The lowest BCUT2D eigenvalue weighted by Gasteiger charge is -2.23. The maximum absolute atomic E-state index is 12.9. The van der Waals surface area contributed by atoms with Crippen LogP contribution in [0.5, 0.6) is 5.75 Å². The van der Waals surface area contributed by atoms with Crippen molar-refractivity contribution in [3.05, 3.63) is 33.8 Å². The molecular formula is C21H28BrFO6. The fourth-order valence-electron chi connectivity index (χ4n) is 2.21. The average Bonchev–Trinajstić information content (AvgIpc) is 2.53. The predicted octanol–water partition coefficient (Wildman–Crippen LogP) is 5.81. The first-order chi connectivity index (χ1) is 13.4.